The minimum atomic E-state index is -0.178. The van der Waals surface area contributed by atoms with E-state index in [4.69, 9.17) is 8.94 Å². The zero-order chi connectivity index (χ0) is 24.7. The topological polar surface area (TPSA) is 114 Å². The Labute approximate surface area is 202 Å². The Balaban J connectivity index is 1.36. The summed E-state index contributed by atoms with van der Waals surface area (Å²) in [4.78, 5) is 37.0. The molecule has 0 aliphatic carbocycles. The number of amides is 2. The normalized spacial score (nSPS) is 14.5. The van der Waals surface area contributed by atoms with Crippen molar-refractivity contribution >= 4 is 28.7 Å². The van der Waals surface area contributed by atoms with Crippen molar-refractivity contribution in [3.8, 4) is 11.3 Å². The number of hydrogen-bond donors (Lipinski definition) is 1. The highest BCUT2D eigenvalue weighted by Gasteiger charge is 2.30. The first-order valence-corrected chi connectivity index (χ1v) is 11.7. The Hall–Kier alpha value is -4.01. The fraction of sp³-hybridized carbons (Fsp3) is 0.346. The molecule has 0 unspecified atom stereocenters. The maximum absolute atomic E-state index is 13.6. The van der Waals surface area contributed by atoms with Crippen LogP contribution in [0.5, 0.6) is 0 Å². The standard InChI is InChI=1S/C26H27N5O4/c1-14-5-8-27-22(11-14)29-24(32)18-6-9-31(10-7-18)26(33)20-13-21(19-12-15(2)34-17(19)4)28-25-23(20)16(3)30-35-25/h5,8,11-13,18H,6-7,9-10H2,1-4H3,(H,27,29,32). The second-order valence-corrected chi connectivity index (χ2v) is 9.10. The largest absolute Gasteiger partial charge is 0.466 e. The van der Waals surface area contributed by atoms with E-state index in [1.54, 1.807) is 24.1 Å². The van der Waals surface area contributed by atoms with Crippen LogP contribution in [0.1, 0.15) is 46.0 Å². The molecule has 0 aromatic carbocycles. The number of fused-ring (bicyclic) bond motifs is 1. The van der Waals surface area contributed by atoms with E-state index in [0.717, 1.165) is 22.6 Å². The van der Waals surface area contributed by atoms with Crippen LogP contribution in [0.3, 0.4) is 0 Å². The highest BCUT2D eigenvalue weighted by atomic mass is 16.5. The highest BCUT2D eigenvalue weighted by Crippen LogP contribution is 2.32. The summed E-state index contributed by atoms with van der Waals surface area (Å²) in [5, 5.41) is 7.55. The van der Waals surface area contributed by atoms with Crippen molar-refractivity contribution in [1.82, 2.24) is 20.0 Å². The Kier molecular flexibility index (Phi) is 5.84. The number of nitrogens with zero attached hydrogens (tertiary/aromatic N) is 4. The van der Waals surface area contributed by atoms with Gasteiger partial charge in [0, 0.05) is 30.8 Å². The lowest BCUT2D eigenvalue weighted by Gasteiger charge is -2.31. The highest BCUT2D eigenvalue weighted by molar-refractivity contribution is 6.07. The van der Waals surface area contributed by atoms with Crippen LogP contribution in [0.15, 0.2) is 39.4 Å². The predicted octanol–water partition coefficient (Wildman–Crippen LogP) is 4.60. The first-order valence-electron chi connectivity index (χ1n) is 11.7. The Morgan fingerprint density at radius 1 is 1.09 bits per heavy atom. The SMILES string of the molecule is Cc1ccnc(NC(=O)C2CCN(C(=O)c3cc(-c4cc(C)oc4C)nc4onc(C)c34)CC2)c1. The molecule has 35 heavy (non-hydrogen) atoms. The minimum Gasteiger partial charge on any atom is -0.466 e. The van der Waals surface area contributed by atoms with E-state index in [-0.39, 0.29) is 17.7 Å². The number of anilines is 1. The number of piperidine rings is 1. The molecule has 5 rings (SSSR count). The Morgan fingerprint density at radius 2 is 1.86 bits per heavy atom. The van der Waals surface area contributed by atoms with Gasteiger partial charge in [-0.05, 0) is 70.4 Å². The molecule has 1 aliphatic heterocycles. The summed E-state index contributed by atoms with van der Waals surface area (Å²) < 4.78 is 11.1. The van der Waals surface area contributed by atoms with Crippen LogP contribution in [0.2, 0.25) is 0 Å². The third-order valence-electron chi connectivity index (χ3n) is 6.48. The van der Waals surface area contributed by atoms with Gasteiger partial charge in [-0.25, -0.2) is 9.97 Å². The number of carbonyl (C=O) groups is 2. The van der Waals surface area contributed by atoms with Crippen molar-refractivity contribution in [1.29, 1.82) is 0 Å². The molecule has 9 heteroatoms. The first-order chi connectivity index (χ1) is 16.8. The summed E-state index contributed by atoms with van der Waals surface area (Å²) in [7, 11) is 0. The maximum atomic E-state index is 13.6. The average molecular weight is 474 g/mol. The van der Waals surface area contributed by atoms with Crippen molar-refractivity contribution in [2.45, 2.75) is 40.5 Å². The molecule has 0 atom stereocenters. The van der Waals surface area contributed by atoms with E-state index in [1.165, 1.54) is 0 Å². The summed E-state index contributed by atoms with van der Waals surface area (Å²) in [5.74, 6) is 1.67. The number of rotatable bonds is 4. The van der Waals surface area contributed by atoms with Crippen LogP contribution < -0.4 is 5.32 Å². The van der Waals surface area contributed by atoms with Crippen LogP contribution >= 0.6 is 0 Å². The molecule has 0 radical (unpaired) electrons. The first kappa shape index (κ1) is 22.8. The van der Waals surface area contributed by atoms with Gasteiger partial charge in [0.1, 0.15) is 17.3 Å². The van der Waals surface area contributed by atoms with Gasteiger partial charge in [0.2, 0.25) is 5.91 Å². The second kappa shape index (κ2) is 8.98. The summed E-state index contributed by atoms with van der Waals surface area (Å²) in [6.07, 6.45) is 2.83. The van der Waals surface area contributed by atoms with Gasteiger partial charge in [-0.2, -0.15) is 0 Å². The van der Waals surface area contributed by atoms with Gasteiger partial charge in [-0.15, -0.1) is 0 Å². The van der Waals surface area contributed by atoms with Crippen molar-refractivity contribution in [2.75, 3.05) is 18.4 Å². The molecule has 0 spiro atoms. The van der Waals surface area contributed by atoms with E-state index >= 15 is 0 Å². The van der Waals surface area contributed by atoms with Gasteiger partial charge < -0.3 is 19.2 Å². The van der Waals surface area contributed by atoms with Crippen LogP contribution in [-0.4, -0.2) is 44.9 Å². The summed E-state index contributed by atoms with van der Waals surface area (Å²) in [5.41, 5.74) is 3.88. The minimum absolute atomic E-state index is 0.0653. The zero-order valence-corrected chi connectivity index (χ0v) is 20.2. The van der Waals surface area contributed by atoms with E-state index in [0.29, 0.717) is 59.8 Å². The summed E-state index contributed by atoms with van der Waals surface area (Å²) >= 11 is 0. The molecule has 0 saturated carbocycles. The number of pyridine rings is 2. The number of hydrogen-bond acceptors (Lipinski definition) is 7. The molecule has 4 aromatic rings. The molecule has 180 valence electrons. The van der Waals surface area contributed by atoms with Gasteiger partial charge in [-0.3, -0.25) is 9.59 Å². The van der Waals surface area contributed by atoms with Crippen molar-refractivity contribution < 1.29 is 18.5 Å². The molecule has 4 aromatic heterocycles. The van der Waals surface area contributed by atoms with Crippen LogP contribution in [0.4, 0.5) is 5.82 Å². The molecular weight excluding hydrogens is 446 g/mol. The number of aryl methyl sites for hydroxylation is 4. The third kappa shape index (κ3) is 4.41. The third-order valence-corrected chi connectivity index (χ3v) is 6.48. The molecule has 1 aliphatic rings. The molecule has 1 fully saturated rings. The zero-order valence-electron chi connectivity index (χ0n) is 20.2. The van der Waals surface area contributed by atoms with Crippen LogP contribution in [-0.2, 0) is 4.79 Å². The Morgan fingerprint density at radius 3 is 2.54 bits per heavy atom. The number of likely N-dealkylation sites (tertiary alicyclic amines) is 1. The monoisotopic (exact) mass is 473 g/mol. The predicted molar refractivity (Wildman–Crippen MR) is 130 cm³/mol. The van der Waals surface area contributed by atoms with Gasteiger partial charge >= 0.3 is 0 Å². The van der Waals surface area contributed by atoms with Crippen molar-refractivity contribution in [3.05, 3.63) is 58.8 Å². The molecule has 0 bridgehead atoms. The van der Waals surface area contributed by atoms with Gasteiger partial charge in [0.05, 0.1) is 22.3 Å². The van der Waals surface area contributed by atoms with Gasteiger partial charge in [-0.1, -0.05) is 5.16 Å². The number of aromatic nitrogens is 3. The van der Waals surface area contributed by atoms with Crippen LogP contribution in [0.25, 0.3) is 22.4 Å². The number of carbonyl (C=O) groups excluding carboxylic acids is 2. The molecule has 9 nitrogen and oxygen atoms in total. The Bertz CT molecular complexity index is 1430. The lowest BCUT2D eigenvalue weighted by molar-refractivity contribution is -0.121. The van der Waals surface area contributed by atoms with E-state index in [9.17, 15) is 9.59 Å². The fourth-order valence-corrected chi connectivity index (χ4v) is 4.63. The van der Waals surface area contributed by atoms with E-state index in [1.807, 2.05) is 39.0 Å². The smallest absolute Gasteiger partial charge is 0.259 e. The second-order valence-electron chi connectivity index (χ2n) is 9.10. The van der Waals surface area contributed by atoms with Crippen LogP contribution in [0, 0.1) is 33.6 Å². The molecule has 1 saturated heterocycles. The number of nitrogens with one attached hydrogen (secondary N) is 1. The molecule has 2 amide bonds. The van der Waals surface area contributed by atoms with E-state index < -0.39 is 0 Å². The molecule has 5 heterocycles. The average Bonchev–Trinajstić information content (AvgIpc) is 3.39. The van der Waals surface area contributed by atoms with Crippen molar-refractivity contribution in [3.63, 3.8) is 0 Å². The van der Waals surface area contributed by atoms with E-state index in [2.05, 4.69) is 20.4 Å². The molecular formula is C26H27N5O4. The lowest BCUT2D eigenvalue weighted by atomic mass is 9.95. The molecule has 1 N–H and O–H groups in total. The summed E-state index contributed by atoms with van der Waals surface area (Å²) in [6, 6.07) is 7.41. The lowest BCUT2D eigenvalue weighted by Crippen LogP contribution is -2.41. The maximum Gasteiger partial charge on any atom is 0.259 e. The summed E-state index contributed by atoms with van der Waals surface area (Å²) in [6.45, 7) is 8.44. The van der Waals surface area contributed by atoms with Gasteiger partial charge in [0.25, 0.3) is 11.6 Å². The van der Waals surface area contributed by atoms with Gasteiger partial charge in [0.15, 0.2) is 0 Å². The quantitative estimate of drug-likeness (QED) is 0.460. The van der Waals surface area contributed by atoms with Crippen molar-refractivity contribution in [2.24, 2.45) is 5.92 Å². The fourth-order valence-electron chi connectivity index (χ4n) is 4.63. The number of furan rings is 1.